The first-order chi connectivity index (χ1) is 12.3. The van der Waals surface area contributed by atoms with E-state index in [0.29, 0.717) is 26.3 Å². The number of amides is 1. The van der Waals surface area contributed by atoms with Crippen LogP contribution in [-0.4, -0.2) is 67.0 Å². The molecule has 0 bridgehead atoms. The van der Waals surface area contributed by atoms with Crippen molar-refractivity contribution >= 4 is 6.09 Å². The average Bonchev–Trinajstić information content (AvgIpc) is 3.18. The van der Waals surface area contributed by atoms with Crippen molar-refractivity contribution in [3.63, 3.8) is 0 Å². The molecule has 0 aliphatic carbocycles. The van der Waals surface area contributed by atoms with Crippen molar-refractivity contribution in [2.45, 2.75) is 6.92 Å². The van der Waals surface area contributed by atoms with E-state index >= 15 is 0 Å². The Hall–Kier alpha value is -2.54. The van der Waals surface area contributed by atoms with Crippen molar-refractivity contribution in [2.24, 2.45) is 0 Å². The lowest BCUT2D eigenvalue weighted by Crippen LogP contribution is -2.49. The normalized spacial score (nSPS) is 15.2. The van der Waals surface area contributed by atoms with E-state index in [1.54, 1.807) is 11.1 Å². The van der Waals surface area contributed by atoms with Gasteiger partial charge in [0, 0.05) is 44.4 Å². The summed E-state index contributed by atoms with van der Waals surface area (Å²) in [6.07, 6.45) is 1.41. The topological polar surface area (TPSA) is 68.0 Å². The standard InChI is InChI=1S/C18H23N3O4/c1-2-23-18(22)21-11-9-20(10-12-21)13-14-24-16-5-3-15(4-6-16)17-7-8-19-25-17/h3-8H,2,9-14H2,1H3. The van der Waals surface area contributed by atoms with Crippen LogP contribution >= 0.6 is 0 Å². The zero-order valence-electron chi connectivity index (χ0n) is 14.4. The molecule has 7 nitrogen and oxygen atoms in total. The number of piperazine rings is 1. The highest BCUT2D eigenvalue weighted by Gasteiger charge is 2.21. The summed E-state index contributed by atoms with van der Waals surface area (Å²) in [4.78, 5) is 15.7. The molecule has 1 saturated heterocycles. The minimum atomic E-state index is -0.217. The number of hydrogen-bond acceptors (Lipinski definition) is 6. The molecular formula is C18H23N3O4. The van der Waals surface area contributed by atoms with Crippen molar-refractivity contribution in [1.82, 2.24) is 15.0 Å². The van der Waals surface area contributed by atoms with Gasteiger partial charge < -0.3 is 18.9 Å². The van der Waals surface area contributed by atoms with Gasteiger partial charge in [-0.15, -0.1) is 0 Å². The zero-order valence-corrected chi connectivity index (χ0v) is 14.4. The molecule has 1 aliphatic rings. The van der Waals surface area contributed by atoms with Crippen molar-refractivity contribution in [3.8, 4) is 17.1 Å². The third-order valence-electron chi connectivity index (χ3n) is 4.15. The number of ether oxygens (including phenoxy) is 2. The predicted octanol–water partition coefficient (Wildman–Crippen LogP) is 2.49. The van der Waals surface area contributed by atoms with Gasteiger partial charge >= 0.3 is 6.09 Å². The van der Waals surface area contributed by atoms with Crippen LogP contribution in [0, 0.1) is 0 Å². The summed E-state index contributed by atoms with van der Waals surface area (Å²) in [6.45, 7) is 6.77. The summed E-state index contributed by atoms with van der Waals surface area (Å²) in [5.41, 5.74) is 0.972. The molecule has 134 valence electrons. The van der Waals surface area contributed by atoms with Crippen LogP contribution in [0.2, 0.25) is 0 Å². The van der Waals surface area contributed by atoms with Crippen molar-refractivity contribution in [1.29, 1.82) is 0 Å². The molecule has 0 atom stereocenters. The molecule has 3 rings (SSSR count). The lowest BCUT2D eigenvalue weighted by molar-refractivity contribution is 0.0757. The molecule has 1 aromatic heterocycles. The highest BCUT2D eigenvalue weighted by Crippen LogP contribution is 2.21. The zero-order chi connectivity index (χ0) is 17.5. The first-order valence-corrected chi connectivity index (χ1v) is 8.54. The first-order valence-electron chi connectivity index (χ1n) is 8.54. The van der Waals surface area contributed by atoms with Crippen LogP contribution in [0.1, 0.15) is 6.92 Å². The molecule has 25 heavy (non-hydrogen) atoms. The molecule has 2 heterocycles. The molecule has 1 aromatic carbocycles. The van der Waals surface area contributed by atoms with E-state index in [1.165, 1.54) is 0 Å². The van der Waals surface area contributed by atoms with Gasteiger partial charge in [0.2, 0.25) is 0 Å². The number of carbonyl (C=O) groups excluding carboxylic acids is 1. The smallest absolute Gasteiger partial charge is 0.409 e. The second-order valence-electron chi connectivity index (χ2n) is 5.78. The maximum atomic E-state index is 11.7. The number of nitrogens with zero attached hydrogens (tertiary/aromatic N) is 3. The van der Waals surface area contributed by atoms with E-state index in [-0.39, 0.29) is 6.09 Å². The number of hydrogen-bond donors (Lipinski definition) is 0. The average molecular weight is 345 g/mol. The van der Waals surface area contributed by atoms with Crippen LogP contribution in [0.15, 0.2) is 41.1 Å². The third-order valence-corrected chi connectivity index (χ3v) is 4.15. The number of benzene rings is 1. The summed E-state index contributed by atoms with van der Waals surface area (Å²) < 4.78 is 16.0. The van der Waals surface area contributed by atoms with Crippen LogP contribution < -0.4 is 4.74 Å². The number of rotatable bonds is 6. The lowest BCUT2D eigenvalue weighted by Gasteiger charge is -2.33. The molecule has 0 unspecified atom stereocenters. The van der Waals surface area contributed by atoms with E-state index < -0.39 is 0 Å². The molecular weight excluding hydrogens is 322 g/mol. The Bertz CT molecular complexity index is 649. The number of carbonyl (C=O) groups is 1. The van der Waals surface area contributed by atoms with Gasteiger partial charge in [-0.3, -0.25) is 4.90 Å². The van der Waals surface area contributed by atoms with Crippen molar-refractivity contribution in [2.75, 3.05) is 45.9 Å². The second kappa shape index (κ2) is 8.53. The SMILES string of the molecule is CCOC(=O)N1CCN(CCOc2ccc(-c3ccno3)cc2)CC1. The van der Waals surface area contributed by atoms with Gasteiger partial charge in [-0.2, -0.15) is 0 Å². The molecule has 0 saturated carbocycles. The van der Waals surface area contributed by atoms with E-state index in [2.05, 4.69) is 10.1 Å². The van der Waals surface area contributed by atoms with Gasteiger partial charge in [-0.05, 0) is 31.2 Å². The molecule has 0 radical (unpaired) electrons. The summed E-state index contributed by atoms with van der Waals surface area (Å²) in [5, 5.41) is 3.70. The fraction of sp³-hybridized carbons (Fsp3) is 0.444. The van der Waals surface area contributed by atoms with Gasteiger partial charge in [0.25, 0.3) is 0 Å². The summed E-state index contributed by atoms with van der Waals surface area (Å²) in [5.74, 6) is 1.57. The van der Waals surface area contributed by atoms with Gasteiger partial charge in [0.05, 0.1) is 12.8 Å². The van der Waals surface area contributed by atoms with Crippen LogP contribution in [0.4, 0.5) is 4.79 Å². The second-order valence-corrected chi connectivity index (χ2v) is 5.78. The fourth-order valence-corrected chi connectivity index (χ4v) is 2.74. The summed E-state index contributed by atoms with van der Waals surface area (Å²) in [6, 6.07) is 9.58. The van der Waals surface area contributed by atoms with Crippen LogP contribution in [0.25, 0.3) is 11.3 Å². The van der Waals surface area contributed by atoms with Crippen LogP contribution in [-0.2, 0) is 4.74 Å². The Kier molecular flexibility index (Phi) is 5.90. The minimum absolute atomic E-state index is 0.217. The summed E-state index contributed by atoms with van der Waals surface area (Å²) in [7, 11) is 0. The Morgan fingerprint density at radius 1 is 1.16 bits per heavy atom. The van der Waals surface area contributed by atoms with Crippen LogP contribution in [0.5, 0.6) is 5.75 Å². The Morgan fingerprint density at radius 3 is 2.56 bits per heavy atom. The monoisotopic (exact) mass is 345 g/mol. The van der Waals surface area contributed by atoms with Crippen molar-refractivity contribution in [3.05, 3.63) is 36.5 Å². The summed E-state index contributed by atoms with van der Waals surface area (Å²) >= 11 is 0. The quantitative estimate of drug-likeness (QED) is 0.801. The Labute approximate surface area is 147 Å². The van der Waals surface area contributed by atoms with E-state index in [1.807, 2.05) is 37.3 Å². The van der Waals surface area contributed by atoms with Gasteiger partial charge in [-0.25, -0.2) is 4.79 Å². The number of aromatic nitrogens is 1. The van der Waals surface area contributed by atoms with E-state index in [0.717, 1.165) is 36.7 Å². The van der Waals surface area contributed by atoms with Crippen LogP contribution in [0.3, 0.4) is 0 Å². The maximum absolute atomic E-state index is 11.7. The van der Waals surface area contributed by atoms with Gasteiger partial charge in [0.15, 0.2) is 5.76 Å². The lowest BCUT2D eigenvalue weighted by atomic mass is 10.2. The van der Waals surface area contributed by atoms with E-state index in [4.69, 9.17) is 14.0 Å². The minimum Gasteiger partial charge on any atom is -0.492 e. The van der Waals surface area contributed by atoms with Gasteiger partial charge in [0.1, 0.15) is 12.4 Å². The molecule has 1 aliphatic heterocycles. The molecule has 0 spiro atoms. The highest BCUT2D eigenvalue weighted by molar-refractivity contribution is 5.67. The Balaban J connectivity index is 1.38. The van der Waals surface area contributed by atoms with E-state index in [9.17, 15) is 4.79 Å². The maximum Gasteiger partial charge on any atom is 0.409 e. The molecule has 0 N–H and O–H groups in total. The molecule has 1 amide bonds. The predicted molar refractivity (Wildman–Crippen MR) is 92.5 cm³/mol. The highest BCUT2D eigenvalue weighted by atomic mass is 16.6. The largest absolute Gasteiger partial charge is 0.492 e. The van der Waals surface area contributed by atoms with Gasteiger partial charge in [-0.1, -0.05) is 5.16 Å². The molecule has 7 heteroatoms. The van der Waals surface area contributed by atoms with Crippen molar-refractivity contribution < 1.29 is 18.8 Å². The molecule has 1 fully saturated rings. The molecule has 2 aromatic rings. The fourth-order valence-electron chi connectivity index (χ4n) is 2.74. The first kappa shape index (κ1) is 17.3. The third kappa shape index (κ3) is 4.73. The Morgan fingerprint density at radius 2 is 1.92 bits per heavy atom.